The maximum Gasteiger partial charge on any atom is 0.269 e. The van der Waals surface area contributed by atoms with E-state index in [4.69, 9.17) is 0 Å². The van der Waals surface area contributed by atoms with Gasteiger partial charge >= 0.3 is 0 Å². The summed E-state index contributed by atoms with van der Waals surface area (Å²) in [6.45, 7) is 2.22. The molecule has 0 aliphatic carbocycles. The summed E-state index contributed by atoms with van der Waals surface area (Å²) in [5, 5.41) is 13.5. The predicted molar refractivity (Wildman–Crippen MR) is 93.4 cm³/mol. The van der Waals surface area contributed by atoms with Gasteiger partial charge in [0.15, 0.2) is 0 Å². The van der Waals surface area contributed by atoms with E-state index in [2.05, 4.69) is 5.32 Å². The summed E-state index contributed by atoms with van der Waals surface area (Å²) in [5.74, 6) is -0.830. The third-order valence-electron chi connectivity index (χ3n) is 4.19. The lowest BCUT2D eigenvalue weighted by Crippen LogP contribution is -2.28. The fourth-order valence-corrected chi connectivity index (χ4v) is 2.77. The van der Waals surface area contributed by atoms with Gasteiger partial charge in [0.1, 0.15) is 0 Å². The SMILES string of the molecule is Cc1ccc(NC(=O)[C@H]2CC(=O)N(c3ccc([N+](=O)[O-])cc3)C2)cc1. The zero-order valence-corrected chi connectivity index (χ0v) is 13.6. The van der Waals surface area contributed by atoms with Crippen LogP contribution in [0.5, 0.6) is 0 Å². The van der Waals surface area contributed by atoms with Crippen LogP contribution in [-0.4, -0.2) is 23.3 Å². The molecular weight excluding hydrogens is 322 g/mol. The minimum Gasteiger partial charge on any atom is -0.326 e. The van der Waals surface area contributed by atoms with Gasteiger partial charge in [-0.05, 0) is 31.2 Å². The van der Waals surface area contributed by atoms with E-state index in [0.29, 0.717) is 11.4 Å². The molecule has 1 N–H and O–H groups in total. The number of anilines is 2. The van der Waals surface area contributed by atoms with Crippen molar-refractivity contribution in [2.75, 3.05) is 16.8 Å². The lowest BCUT2D eigenvalue weighted by atomic mass is 10.1. The number of rotatable bonds is 4. The highest BCUT2D eigenvalue weighted by Gasteiger charge is 2.35. The Morgan fingerprint density at radius 1 is 1.16 bits per heavy atom. The van der Waals surface area contributed by atoms with Crippen LogP contribution in [0.2, 0.25) is 0 Å². The summed E-state index contributed by atoms with van der Waals surface area (Å²) in [7, 11) is 0. The predicted octanol–water partition coefficient (Wildman–Crippen LogP) is 2.89. The number of nitro groups is 1. The lowest BCUT2D eigenvalue weighted by molar-refractivity contribution is -0.384. The van der Waals surface area contributed by atoms with Crippen LogP contribution in [0.3, 0.4) is 0 Å². The Hall–Kier alpha value is -3.22. The van der Waals surface area contributed by atoms with Crippen molar-refractivity contribution in [3.8, 4) is 0 Å². The number of hydrogen-bond donors (Lipinski definition) is 1. The van der Waals surface area contributed by atoms with E-state index in [9.17, 15) is 19.7 Å². The summed E-state index contributed by atoms with van der Waals surface area (Å²) < 4.78 is 0. The molecule has 7 nitrogen and oxygen atoms in total. The second-order valence-corrected chi connectivity index (χ2v) is 6.03. The van der Waals surface area contributed by atoms with Crippen molar-refractivity contribution in [2.45, 2.75) is 13.3 Å². The molecule has 128 valence electrons. The van der Waals surface area contributed by atoms with E-state index in [1.165, 1.54) is 29.2 Å². The van der Waals surface area contributed by atoms with Crippen LogP contribution >= 0.6 is 0 Å². The molecule has 2 aromatic rings. The summed E-state index contributed by atoms with van der Waals surface area (Å²) in [5.41, 5.74) is 2.31. The summed E-state index contributed by atoms with van der Waals surface area (Å²) in [4.78, 5) is 36.3. The number of benzene rings is 2. The van der Waals surface area contributed by atoms with Gasteiger partial charge < -0.3 is 10.2 Å². The number of nitrogens with one attached hydrogen (secondary N) is 1. The zero-order valence-electron chi connectivity index (χ0n) is 13.6. The molecule has 25 heavy (non-hydrogen) atoms. The Labute approximate surface area is 144 Å². The molecule has 2 amide bonds. The molecule has 1 saturated heterocycles. The third kappa shape index (κ3) is 3.65. The number of nitro benzene ring substituents is 1. The molecule has 1 fully saturated rings. The number of nitrogens with zero attached hydrogens (tertiary/aromatic N) is 2. The molecule has 7 heteroatoms. The standard InChI is InChI=1S/C18H17N3O4/c1-12-2-4-14(5-3-12)19-18(23)13-10-17(22)20(11-13)15-6-8-16(9-7-15)21(24)25/h2-9,13H,10-11H2,1H3,(H,19,23)/t13-/m0/s1. The van der Waals surface area contributed by atoms with Crippen molar-refractivity contribution in [3.05, 3.63) is 64.2 Å². The van der Waals surface area contributed by atoms with E-state index in [0.717, 1.165) is 5.56 Å². The zero-order chi connectivity index (χ0) is 18.0. The number of hydrogen-bond acceptors (Lipinski definition) is 4. The van der Waals surface area contributed by atoms with Crippen LogP contribution < -0.4 is 10.2 Å². The first kappa shape index (κ1) is 16.6. The Balaban J connectivity index is 1.68. The smallest absolute Gasteiger partial charge is 0.269 e. The van der Waals surface area contributed by atoms with Crippen LogP contribution in [0.25, 0.3) is 0 Å². The lowest BCUT2D eigenvalue weighted by Gasteiger charge is -2.16. The van der Waals surface area contributed by atoms with Gasteiger partial charge in [-0.3, -0.25) is 19.7 Å². The number of carbonyl (C=O) groups is 2. The molecule has 0 bridgehead atoms. The second-order valence-electron chi connectivity index (χ2n) is 6.03. The van der Waals surface area contributed by atoms with E-state index in [1.807, 2.05) is 31.2 Å². The molecule has 2 aromatic carbocycles. The summed E-state index contributed by atoms with van der Waals surface area (Å²) in [6, 6.07) is 13.2. The van der Waals surface area contributed by atoms with Gasteiger partial charge in [-0.15, -0.1) is 0 Å². The third-order valence-corrected chi connectivity index (χ3v) is 4.19. The number of non-ortho nitro benzene ring substituents is 1. The van der Waals surface area contributed by atoms with Crippen molar-refractivity contribution in [3.63, 3.8) is 0 Å². The van der Waals surface area contributed by atoms with Gasteiger partial charge in [0, 0.05) is 36.5 Å². The Bertz CT molecular complexity index is 815. The molecule has 1 atom stereocenters. The van der Waals surface area contributed by atoms with Crippen molar-refractivity contribution < 1.29 is 14.5 Å². The number of amides is 2. The van der Waals surface area contributed by atoms with Crippen molar-refractivity contribution in [1.29, 1.82) is 0 Å². The molecular formula is C18H17N3O4. The van der Waals surface area contributed by atoms with Gasteiger partial charge in [0.25, 0.3) is 5.69 Å². The molecule has 1 heterocycles. The molecule has 1 aliphatic heterocycles. The van der Waals surface area contributed by atoms with Gasteiger partial charge in [-0.25, -0.2) is 0 Å². The van der Waals surface area contributed by atoms with Gasteiger partial charge in [0.2, 0.25) is 11.8 Å². The van der Waals surface area contributed by atoms with E-state index < -0.39 is 10.8 Å². The number of aryl methyl sites for hydroxylation is 1. The second kappa shape index (κ2) is 6.72. The Morgan fingerprint density at radius 2 is 1.80 bits per heavy atom. The monoisotopic (exact) mass is 339 g/mol. The molecule has 0 spiro atoms. The van der Waals surface area contributed by atoms with E-state index in [1.54, 1.807) is 0 Å². The Kier molecular flexibility index (Phi) is 4.47. The molecule has 0 aromatic heterocycles. The molecule has 0 saturated carbocycles. The van der Waals surface area contributed by atoms with Crippen LogP contribution in [-0.2, 0) is 9.59 Å². The first-order chi connectivity index (χ1) is 11.9. The fourth-order valence-electron chi connectivity index (χ4n) is 2.77. The van der Waals surface area contributed by atoms with Gasteiger partial charge in [-0.1, -0.05) is 17.7 Å². The summed E-state index contributed by atoms with van der Waals surface area (Å²) >= 11 is 0. The highest BCUT2D eigenvalue weighted by molar-refractivity contribution is 6.03. The van der Waals surface area contributed by atoms with Crippen LogP contribution in [0, 0.1) is 23.0 Å². The fraction of sp³-hybridized carbons (Fsp3) is 0.222. The van der Waals surface area contributed by atoms with Crippen LogP contribution in [0.1, 0.15) is 12.0 Å². The van der Waals surface area contributed by atoms with E-state index >= 15 is 0 Å². The largest absolute Gasteiger partial charge is 0.326 e. The molecule has 1 aliphatic rings. The maximum absolute atomic E-state index is 12.4. The highest BCUT2D eigenvalue weighted by atomic mass is 16.6. The first-order valence-electron chi connectivity index (χ1n) is 7.86. The van der Waals surface area contributed by atoms with E-state index in [-0.39, 0.29) is 30.5 Å². The normalized spacial score (nSPS) is 16.8. The molecule has 0 unspecified atom stereocenters. The van der Waals surface area contributed by atoms with Crippen LogP contribution in [0.4, 0.5) is 17.1 Å². The topological polar surface area (TPSA) is 92.6 Å². The average molecular weight is 339 g/mol. The van der Waals surface area contributed by atoms with Crippen molar-refractivity contribution in [1.82, 2.24) is 0 Å². The summed E-state index contributed by atoms with van der Waals surface area (Å²) in [6.07, 6.45) is 0.120. The maximum atomic E-state index is 12.4. The molecule has 0 radical (unpaired) electrons. The van der Waals surface area contributed by atoms with Crippen LogP contribution in [0.15, 0.2) is 48.5 Å². The van der Waals surface area contributed by atoms with Crippen molar-refractivity contribution in [2.24, 2.45) is 5.92 Å². The highest BCUT2D eigenvalue weighted by Crippen LogP contribution is 2.27. The Morgan fingerprint density at radius 3 is 2.40 bits per heavy atom. The first-order valence-corrected chi connectivity index (χ1v) is 7.86. The number of carbonyl (C=O) groups excluding carboxylic acids is 2. The minimum absolute atomic E-state index is 0.0379. The van der Waals surface area contributed by atoms with Gasteiger partial charge in [0.05, 0.1) is 10.8 Å². The quantitative estimate of drug-likeness (QED) is 0.685. The van der Waals surface area contributed by atoms with Gasteiger partial charge in [-0.2, -0.15) is 0 Å². The van der Waals surface area contributed by atoms with Crippen molar-refractivity contribution >= 4 is 28.9 Å². The average Bonchev–Trinajstić information content (AvgIpc) is 2.99. The minimum atomic E-state index is -0.493. The molecule has 3 rings (SSSR count).